The summed E-state index contributed by atoms with van der Waals surface area (Å²) in [5, 5.41) is 3.82. The molecule has 0 bridgehead atoms. The SMILES string of the molecule is CCCNC(c1ccc(C(C)C)cc1)C1C2CCCC21. The summed E-state index contributed by atoms with van der Waals surface area (Å²) in [5.41, 5.74) is 2.97. The van der Waals surface area contributed by atoms with Gasteiger partial charge in [-0.05, 0) is 60.6 Å². The summed E-state index contributed by atoms with van der Waals surface area (Å²) < 4.78 is 0. The van der Waals surface area contributed by atoms with Crippen LogP contribution in [0.5, 0.6) is 0 Å². The molecule has 1 N–H and O–H groups in total. The number of hydrogen-bond donors (Lipinski definition) is 1. The molecule has 20 heavy (non-hydrogen) atoms. The standard InChI is InChI=1S/C19H29N/c1-4-12-20-19(18-16-6-5-7-17(16)18)15-10-8-14(9-11-15)13(2)3/h8-11,13,16-20H,4-7,12H2,1-3H3. The second-order valence-corrected chi connectivity index (χ2v) is 7.09. The first-order valence-corrected chi connectivity index (χ1v) is 8.55. The number of fused-ring (bicyclic) bond motifs is 1. The minimum atomic E-state index is 0.603. The summed E-state index contributed by atoms with van der Waals surface area (Å²) in [7, 11) is 0. The number of nitrogens with one attached hydrogen (secondary N) is 1. The van der Waals surface area contributed by atoms with Crippen LogP contribution in [-0.2, 0) is 0 Å². The van der Waals surface area contributed by atoms with Crippen LogP contribution in [0.15, 0.2) is 24.3 Å². The second kappa shape index (κ2) is 5.89. The van der Waals surface area contributed by atoms with Gasteiger partial charge in [-0.1, -0.05) is 51.5 Å². The predicted molar refractivity (Wildman–Crippen MR) is 85.9 cm³/mol. The van der Waals surface area contributed by atoms with Gasteiger partial charge in [0, 0.05) is 6.04 Å². The Hall–Kier alpha value is -0.820. The van der Waals surface area contributed by atoms with Gasteiger partial charge in [-0.2, -0.15) is 0 Å². The molecule has 2 fully saturated rings. The fraction of sp³-hybridized carbons (Fsp3) is 0.684. The number of benzene rings is 1. The van der Waals surface area contributed by atoms with Crippen LogP contribution in [0, 0.1) is 17.8 Å². The van der Waals surface area contributed by atoms with E-state index in [2.05, 4.69) is 50.4 Å². The van der Waals surface area contributed by atoms with E-state index in [0.29, 0.717) is 12.0 Å². The van der Waals surface area contributed by atoms with Crippen LogP contribution in [0.3, 0.4) is 0 Å². The van der Waals surface area contributed by atoms with Crippen LogP contribution in [-0.4, -0.2) is 6.54 Å². The molecule has 2 saturated carbocycles. The Kier molecular flexibility index (Phi) is 4.16. The molecule has 0 saturated heterocycles. The third kappa shape index (κ3) is 2.65. The molecule has 1 nitrogen and oxygen atoms in total. The monoisotopic (exact) mass is 271 g/mol. The zero-order valence-corrected chi connectivity index (χ0v) is 13.2. The summed E-state index contributed by atoms with van der Waals surface area (Å²) in [4.78, 5) is 0. The Morgan fingerprint density at radius 2 is 1.65 bits per heavy atom. The van der Waals surface area contributed by atoms with Gasteiger partial charge in [0.1, 0.15) is 0 Å². The molecular weight excluding hydrogens is 242 g/mol. The van der Waals surface area contributed by atoms with Crippen LogP contribution < -0.4 is 5.32 Å². The van der Waals surface area contributed by atoms with Gasteiger partial charge in [0.25, 0.3) is 0 Å². The first kappa shape index (κ1) is 14.1. The van der Waals surface area contributed by atoms with E-state index in [4.69, 9.17) is 0 Å². The van der Waals surface area contributed by atoms with E-state index >= 15 is 0 Å². The van der Waals surface area contributed by atoms with E-state index in [1.807, 2.05) is 0 Å². The first-order chi connectivity index (χ1) is 9.72. The summed E-state index contributed by atoms with van der Waals surface area (Å²) in [5.74, 6) is 3.59. The van der Waals surface area contributed by atoms with E-state index in [-0.39, 0.29) is 0 Å². The van der Waals surface area contributed by atoms with Gasteiger partial charge < -0.3 is 5.32 Å². The molecule has 3 atom stereocenters. The topological polar surface area (TPSA) is 12.0 Å². The number of hydrogen-bond acceptors (Lipinski definition) is 1. The van der Waals surface area contributed by atoms with E-state index < -0.39 is 0 Å². The zero-order chi connectivity index (χ0) is 14.1. The van der Waals surface area contributed by atoms with Gasteiger partial charge in [-0.3, -0.25) is 0 Å². The Bertz CT molecular complexity index is 424. The van der Waals surface area contributed by atoms with E-state index in [9.17, 15) is 0 Å². The lowest BCUT2D eigenvalue weighted by molar-refractivity contribution is 0.417. The summed E-state index contributed by atoms with van der Waals surface area (Å²) in [6.45, 7) is 7.95. The lowest BCUT2D eigenvalue weighted by Gasteiger charge is -2.21. The Balaban J connectivity index is 1.74. The molecule has 0 heterocycles. The number of rotatable bonds is 6. The molecule has 3 rings (SSSR count). The van der Waals surface area contributed by atoms with Gasteiger partial charge in [0.2, 0.25) is 0 Å². The van der Waals surface area contributed by atoms with Crippen LogP contribution in [0.4, 0.5) is 0 Å². The van der Waals surface area contributed by atoms with Gasteiger partial charge in [-0.25, -0.2) is 0 Å². The highest BCUT2D eigenvalue weighted by Gasteiger charge is 2.55. The summed E-state index contributed by atoms with van der Waals surface area (Å²) >= 11 is 0. The van der Waals surface area contributed by atoms with Gasteiger partial charge in [0.05, 0.1) is 0 Å². The van der Waals surface area contributed by atoms with Gasteiger partial charge in [0.15, 0.2) is 0 Å². The normalized spacial score (nSPS) is 29.5. The minimum absolute atomic E-state index is 0.603. The van der Waals surface area contributed by atoms with Gasteiger partial charge >= 0.3 is 0 Å². The van der Waals surface area contributed by atoms with Crippen molar-refractivity contribution in [1.82, 2.24) is 5.32 Å². The third-order valence-electron chi connectivity index (χ3n) is 5.43. The molecule has 110 valence electrons. The zero-order valence-electron chi connectivity index (χ0n) is 13.2. The highest BCUT2D eigenvalue weighted by Crippen LogP contribution is 2.62. The lowest BCUT2D eigenvalue weighted by Crippen LogP contribution is -2.25. The van der Waals surface area contributed by atoms with Crippen molar-refractivity contribution in [2.24, 2.45) is 17.8 Å². The van der Waals surface area contributed by atoms with Crippen molar-refractivity contribution in [1.29, 1.82) is 0 Å². The molecule has 0 spiro atoms. The molecular formula is C19H29N. The molecule has 0 amide bonds. The van der Waals surface area contributed by atoms with Crippen molar-refractivity contribution in [2.45, 2.75) is 58.4 Å². The van der Waals surface area contributed by atoms with E-state index in [0.717, 1.165) is 24.3 Å². The molecule has 1 heteroatoms. The molecule has 0 radical (unpaired) electrons. The molecule has 2 aliphatic carbocycles. The molecule has 2 aliphatic rings. The largest absolute Gasteiger partial charge is 0.310 e. The minimum Gasteiger partial charge on any atom is -0.310 e. The third-order valence-corrected chi connectivity index (χ3v) is 5.43. The average Bonchev–Trinajstić information content (AvgIpc) is 2.92. The molecule has 1 aromatic rings. The maximum absolute atomic E-state index is 3.82. The van der Waals surface area contributed by atoms with Crippen LogP contribution >= 0.6 is 0 Å². The summed E-state index contributed by atoms with van der Waals surface area (Å²) in [6.07, 6.45) is 5.65. The van der Waals surface area contributed by atoms with Crippen LogP contribution in [0.25, 0.3) is 0 Å². The fourth-order valence-electron chi connectivity index (χ4n) is 4.24. The Labute approximate surface area is 124 Å². The molecule has 0 aromatic heterocycles. The highest BCUT2D eigenvalue weighted by molar-refractivity contribution is 5.29. The van der Waals surface area contributed by atoms with Crippen molar-refractivity contribution in [2.75, 3.05) is 6.54 Å². The average molecular weight is 271 g/mol. The van der Waals surface area contributed by atoms with Crippen molar-refractivity contribution >= 4 is 0 Å². The smallest absolute Gasteiger partial charge is 0.0354 e. The molecule has 3 unspecified atom stereocenters. The van der Waals surface area contributed by atoms with Crippen LogP contribution in [0.2, 0.25) is 0 Å². The Morgan fingerprint density at radius 3 is 2.20 bits per heavy atom. The van der Waals surface area contributed by atoms with Crippen molar-refractivity contribution < 1.29 is 0 Å². The lowest BCUT2D eigenvalue weighted by atomic mass is 9.94. The Morgan fingerprint density at radius 1 is 1.05 bits per heavy atom. The van der Waals surface area contributed by atoms with Crippen molar-refractivity contribution in [3.05, 3.63) is 35.4 Å². The van der Waals surface area contributed by atoms with Crippen molar-refractivity contribution in [3.8, 4) is 0 Å². The molecule has 0 aliphatic heterocycles. The fourth-order valence-corrected chi connectivity index (χ4v) is 4.24. The highest BCUT2D eigenvalue weighted by atomic mass is 14.9. The van der Waals surface area contributed by atoms with Crippen LogP contribution in [0.1, 0.15) is 69.5 Å². The second-order valence-electron chi connectivity index (χ2n) is 7.09. The predicted octanol–water partition coefficient (Wildman–Crippen LogP) is 4.90. The van der Waals surface area contributed by atoms with E-state index in [1.54, 1.807) is 0 Å². The van der Waals surface area contributed by atoms with Crippen molar-refractivity contribution in [3.63, 3.8) is 0 Å². The maximum atomic E-state index is 3.82. The van der Waals surface area contributed by atoms with E-state index in [1.165, 1.54) is 36.8 Å². The maximum Gasteiger partial charge on any atom is 0.0354 e. The summed E-state index contributed by atoms with van der Waals surface area (Å²) in [6, 6.07) is 10.0. The van der Waals surface area contributed by atoms with Gasteiger partial charge in [-0.15, -0.1) is 0 Å². The molecule has 1 aromatic carbocycles. The quantitative estimate of drug-likeness (QED) is 0.776. The first-order valence-electron chi connectivity index (χ1n) is 8.55.